The zero-order valence-electron chi connectivity index (χ0n) is 17.5. The van der Waals surface area contributed by atoms with Crippen LogP contribution in [0.2, 0.25) is 5.02 Å². The van der Waals surface area contributed by atoms with E-state index in [0.717, 1.165) is 5.56 Å². The zero-order chi connectivity index (χ0) is 21.7. The van der Waals surface area contributed by atoms with Crippen LogP contribution in [0.4, 0.5) is 0 Å². The largest absolute Gasteiger partial charge is 0.486 e. The summed E-state index contributed by atoms with van der Waals surface area (Å²) in [5.74, 6) is 1.60. The van der Waals surface area contributed by atoms with E-state index in [9.17, 15) is 4.79 Å². The quantitative estimate of drug-likeness (QED) is 0.513. The number of nitrogens with one attached hydrogen (secondary N) is 1. The molecule has 0 bridgehead atoms. The standard InChI is InChI=1S/C22H25ClN4O2S/c1-14-5-6-17(11-15(14)2)16(3)24-21(28)13-30-22-26-25-20(27(22)4)12-29-19-9-7-18(23)8-10-19/h5-11,16H,12-13H2,1-4H3,(H,24,28). The average molecular weight is 445 g/mol. The third kappa shape index (κ3) is 5.77. The van der Waals surface area contributed by atoms with Gasteiger partial charge in [-0.1, -0.05) is 41.6 Å². The Morgan fingerprint density at radius 2 is 1.90 bits per heavy atom. The number of carbonyl (C=O) groups is 1. The minimum Gasteiger partial charge on any atom is -0.486 e. The number of benzene rings is 2. The Balaban J connectivity index is 1.51. The van der Waals surface area contributed by atoms with Crippen LogP contribution in [-0.2, 0) is 18.4 Å². The Labute approximate surface area is 186 Å². The molecule has 1 atom stereocenters. The monoisotopic (exact) mass is 444 g/mol. The van der Waals surface area contributed by atoms with Crippen LogP contribution >= 0.6 is 23.4 Å². The van der Waals surface area contributed by atoms with Gasteiger partial charge in [0.05, 0.1) is 11.8 Å². The summed E-state index contributed by atoms with van der Waals surface area (Å²) in [5.41, 5.74) is 3.55. The van der Waals surface area contributed by atoms with Gasteiger partial charge in [0.25, 0.3) is 0 Å². The fourth-order valence-corrected chi connectivity index (χ4v) is 3.67. The van der Waals surface area contributed by atoms with Gasteiger partial charge < -0.3 is 14.6 Å². The van der Waals surface area contributed by atoms with E-state index in [1.54, 1.807) is 24.3 Å². The Kier molecular flexibility index (Phi) is 7.39. The second-order valence-corrected chi connectivity index (χ2v) is 8.50. The first-order valence-corrected chi connectivity index (χ1v) is 11.0. The smallest absolute Gasteiger partial charge is 0.230 e. The fourth-order valence-electron chi connectivity index (χ4n) is 2.81. The number of amides is 1. The third-order valence-corrected chi connectivity index (χ3v) is 6.12. The number of ether oxygens (including phenoxy) is 1. The number of halogens is 1. The molecule has 0 saturated heterocycles. The van der Waals surface area contributed by atoms with Gasteiger partial charge in [-0.05, 0) is 61.7 Å². The number of aromatic nitrogens is 3. The minimum atomic E-state index is -0.0553. The van der Waals surface area contributed by atoms with Crippen LogP contribution in [0.5, 0.6) is 5.75 Å². The zero-order valence-corrected chi connectivity index (χ0v) is 19.0. The van der Waals surface area contributed by atoms with Gasteiger partial charge in [0, 0.05) is 12.1 Å². The van der Waals surface area contributed by atoms with Gasteiger partial charge in [-0.15, -0.1) is 10.2 Å². The summed E-state index contributed by atoms with van der Waals surface area (Å²) in [6.45, 7) is 6.42. The Bertz CT molecular complexity index is 1020. The van der Waals surface area contributed by atoms with Crippen molar-refractivity contribution in [3.63, 3.8) is 0 Å². The van der Waals surface area contributed by atoms with Gasteiger partial charge in [-0.25, -0.2) is 0 Å². The lowest BCUT2D eigenvalue weighted by Crippen LogP contribution is -2.28. The second kappa shape index (κ2) is 10.00. The lowest BCUT2D eigenvalue weighted by Gasteiger charge is -2.15. The molecule has 3 aromatic rings. The average Bonchev–Trinajstić information content (AvgIpc) is 3.07. The molecule has 30 heavy (non-hydrogen) atoms. The van der Waals surface area contributed by atoms with E-state index in [-0.39, 0.29) is 24.3 Å². The molecule has 1 aromatic heterocycles. The summed E-state index contributed by atoms with van der Waals surface area (Å²) in [5, 5.41) is 12.7. The van der Waals surface area contributed by atoms with Crippen molar-refractivity contribution in [2.45, 2.75) is 38.6 Å². The van der Waals surface area contributed by atoms with Crippen molar-refractivity contribution in [2.75, 3.05) is 5.75 Å². The Morgan fingerprint density at radius 1 is 1.17 bits per heavy atom. The van der Waals surface area contributed by atoms with Crippen LogP contribution in [0.1, 0.15) is 35.5 Å². The van der Waals surface area contributed by atoms with Crippen molar-refractivity contribution < 1.29 is 9.53 Å². The van der Waals surface area contributed by atoms with E-state index in [2.05, 4.69) is 47.6 Å². The van der Waals surface area contributed by atoms with E-state index < -0.39 is 0 Å². The number of aryl methyl sites for hydroxylation is 2. The van der Waals surface area contributed by atoms with Crippen molar-refractivity contribution in [3.8, 4) is 5.75 Å². The summed E-state index contributed by atoms with van der Waals surface area (Å²) in [7, 11) is 1.86. The van der Waals surface area contributed by atoms with Crippen LogP contribution < -0.4 is 10.1 Å². The molecule has 2 aromatic carbocycles. The number of hydrogen-bond donors (Lipinski definition) is 1. The first-order valence-electron chi connectivity index (χ1n) is 9.59. The molecule has 0 saturated carbocycles. The van der Waals surface area contributed by atoms with E-state index >= 15 is 0 Å². The van der Waals surface area contributed by atoms with Gasteiger partial charge in [-0.2, -0.15) is 0 Å². The number of hydrogen-bond acceptors (Lipinski definition) is 5. The predicted molar refractivity (Wildman–Crippen MR) is 120 cm³/mol. The Morgan fingerprint density at radius 3 is 2.60 bits per heavy atom. The molecule has 158 valence electrons. The highest BCUT2D eigenvalue weighted by Crippen LogP contribution is 2.20. The summed E-state index contributed by atoms with van der Waals surface area (Å²) in [4.78, 5) is 12.4. The minimum absolute atomic E-state index is 0.0484. The molecule has 1 N–H and O–H groups in total. The van der Waals surface area contributed by atoms with Gasteiger partial charge in [0.15, 0.2) is 11.0 Å². The van der Waals surface area contributed by atoms with E-state index in [1.807, 2.05) is 18.5 Å². The molecule has 0 fully saturated rings. The fraction of sp³-hybridized carbons (Fsp3) is 0.318. The lowest BCUT2D eigenvalue weighted by atomic mass is 10.0. The molecular formula is C22H25ClN4O2S. The van der Waals surface area contributed by atoms with Crippen molar-refractivity contribution in [1.29, 1.82) is 0 Å². The molecule has 0 aliphatic carbocycles. The molecule has 0 aliphatic heterocycles. The highest BCUT2D eigenvalue weighted by molar-refractivity contribution is 7.99. The van der Waals surface area contributed by atoms with Crippen molar-refractivity contribution in [1.82, 2.24) is 20.1 Å². The number of thioether (sulfide) groups is 1. The van der Waals surface area contributed by atoms with Gasteiger partial charge in [0.1, 0.15) is 12.4 Å². The molecule has 1 amide bonds. The summed E-state index contributed by atoms with van der Waals surface area (Å²) < 4.78 is 7.55. The lowest BCUT2D eigenvalue weighted by molar-refractivity contribution is -0.119. The van der Waals surface area contributed by atoms with Gasteiger partial charge >= 0.3 is 0 Å². The molecule has 0 radical (unpaired) electrons. The topological polar surface area (TPSA) is 69.0 Å². The SMILES string of the molecule is Cc1ccc(C(C)NC(=O)CSc2nnc(COc3ccc(Cl)cc3)n2C)cc1C. The van der Waals surface area contributed by atoms with Gasteiger partial charge in [-0.3, -0.25) is 4.79 Å². The normalized spacial score (nSPS) is 11.9. The third-order valence-electron chi connectivity index (χ3n) is 4.85. The van der Waals surface area contributed by atoms with Crippen LogP contribution in [-0.4, -0.2) is 26.4 Å². The molecule has 1 unspecified atom stereocenters. The maximum Gasteiger partial charge on any atom is 0.230 e. The number of rotatable bonds is 8. The summed E-state index contributed by atoms with van der Waals surface area (Å²) in [6, 6.07) is 13.3. The maximum atomic E-state index is 12.4. The maximum absolute atomic E-state index is 12.4. The van der Waals surface area contributed by atoms with Crippen molar-refractivity contribution in [3.05, 3.63) is 70.0 Å². The molecule has 0 spiro atoms. The second-order valence-electron chi connectivity index (χ2n) is 7.12. The van der Waals surface area contributed by atoms with E-state index in [0.29, 0.717) is 21.8 Å². The molecule has 0 aliphatic rings. The van der Waals surface area contributed by atoms with Crippen LogP contribution in [0.25, 0.3) is 0 Å². The summed E-state index contributed by atoms with van der Waals surface area (Å²) >= 11 is 7.23. The van der Waals surface area contributed by atoms with Crippen LogP contribution in [0.15, 0.2) is 47.6 Å². The number of carbonyl (C=O) groups excluding carboxylic acids is 1. The highest BCUT2D eigenvalue weighted by atomic mass is 35.5. The Hall–Kier alpha value is -2.51. The van der Waals surface area contributed by atoms with Crippen molar-refractivity contribution in [2.24, 2.45) is 7.05 Å². The summed E-state index contributed by atoms with van der Waals surface area (Å²) in [6.07, 6.45) is 0. The van der Waals surface area contributed by atoms with Crippen LogP contribution in [0, 0.1) is 13.8 Å². The van der Waals surface area contributed by atoms with Crippen molar-refractivity contribution >= 4 is 29.3 Å². The molecule has 8 heteroatoms. The molecule has 6 nitrogen and oxygen atoms in total. The molecule has 1 heterocycles. The molecule has 3 rings (SSSR count). The molecular weight excluding hydrogens is 420 g/mol. The van der Waals surface area contributed by atoms with Gasteiger partial charge in [0.2, 0.25) is 5.91 Å². The highest BCUT2D eigenvalue weighted by Gasteiger charge is 2.14. The van der Waals surface area contributed by atoms with E-state index in [4.69, 9.17) is 16.3 Å². The first-order chi connectivity index (χ1) is 14.3. The van der Waals surface area contributed by atoms with Crippen LogP contribution in [0.3, 0.4) is 0 Å². The predicted octanol–water partition coefficient (Wildman–Crippen LogP) is 4.63. The van der Waals surface area contributed by atoms with E-state index in [1.165, 1.54) is 22.9 Å². The first kappa shape index (κ1) is 22.2. The number of nitrogens with zero attached hydrogens (tertiary/aromatic N) is 3.